The van der Waals surface area contributed by atoms with E-state index >= 15 is 0 Å². The molecule has 0 radical (unpaired) electrons. The highest BCUT2D eigenvalue weighted by molar-refractivity contribution is 7.74. The van der Waals surface area contributed by atoms with Crippen molar-refractivity contribution in [1.82, 2.24) is 5.48 Å². The monoisotopic (exact) mass is 399 g/mol. The molecule has 0 unspecified atom stereocenters. The molecule has 0 aliphatic rings. The second-order valence-electron chi connectivity index (χ2n) is 6.69. The van der Waals surface area contributed by atoms with Gasteiger partial charge in [-0.05, 0) is 35.4 Å². The lowest BCUT2D eigenvalue weighted by Gasteiger charge is -2.24. The van der Waals surface area contributed by atoms with E-state index in [0.29, 0.717) is 10.6 Å². The van der Waals surface area contributed by atoms with E-state index in [1.54, 1.807) is 0 Å². The molecule has 144 valence electrons. The molecular formula is C25H22NO2P. The molecule has 0 bridgehead atoms. The topological polar surface area (TPSA) is 38.3 Å². The van der Waals surface area contributed by atoms with Crippen molar-refractivity contribution in [2.75, 3.05) is 0 Å². The first-order chi connectivity index (χ1) is 14.3. The molecule has 0 aliphatic carbocycles. The van der Waals surface area contributed by atoms with E-state index in [4.69, 9.17) is 4.62 Å². The second-order valence-corrected chi connectivity index (χ2v) is 9.00. The summed E-state index contributed by atoms with van der Waals surface area (Å²) in [6, 6.07) is 38.5. The smallest absolute Gasteiger partial charge is 0.277 e. The van der Waals surface area contributed by atoms with Gasteiger partial charge in [-0.15, -0.1) is 0 Å². The quantitative estimate of drug-likeness (QED) is 0.342. The zero-order chi connectivity index (χ0) is 19.9. The summed E-state index contributed by atoms with van der Waals surface area (Å²) in [6.45, 7) is 0. The molecule has 1 N–H and O–H groups in total. The predicted molar refractivity (Wildman–Crippen MR) is 119 cm³/mol. The van der Waals surface area contributed by atoms with Crippen LogP contribution >= 0.6 is 7.37 Å². The van der Waals surface area contributed by atoms with Crippen LogP contribution in [-0.4, -0.2) is 0 Å². The molecule has 0 amide bonds. The standard InChI is InChI=1S/C25H22NO2P/c27-29(23-17-9-3-10-18-23,24-19-11-4-12-20-24)28-26-25(21-13-5-1-6-14-21)22-15-7-2-8-16-22/h1-20,25-26H. The van der Waals surface area contributed by atoms with Crippen molar-refractivity contribution in [3.63, 3.8) is 0 Å². The van der Waals surface area contributed by atoms with E-state index in [-0.39, 0.29) is 6.04 Å². The summed E-state index contributed by atoms with van der Waals surface area (Å²) in [5, 5.41) is 1.30. The van der Waals surface area contributed by atoms with Gasteiger partial charge < -0.3 is 0 Å². The van der Waals surface area contributed by atoms with Crippen LogP contribution in [-0.2, 0) is 9.19 Å². The highest BCUT2D eigenvalue weighted by Crippen LogP contribution is 2.44. The summed E-state index contributed by atoms with van der Waals surface area (Å²) < 4.78 is 20.2. The van der Waals surface area contributed by atoms with E-state index in [0.717, 1.165) is 11.1 Å². The first-order valence-corrected chi connectivity index (χ1v) is 11.1. The largest absolute Gasteiger partial charge is 0.281 e. The van der Waals surface area contributed by atoms with Crippen molar-refractivity contribution in [2.24, 2.45) is 0 Å². The Labute approximate surface area is 171 Å². The van der Waals surface area contributed by atoms with Crippen LogP contribution in [0, 0.1) is 0 Å². The van der Waals surface area contributed by atoms with Gasteiger partial charge in [-0.1, -0.05) is 97.1 Å². The summed E-state index contributed by atoms with van der Waals surface area (Å²) in [5.41, 5.74) is 5.19. The zero-order valence-corrected chi connectivity index (χ0v) is 16.8. The lowest BCUT2D eigenvalue weighted by Crippen LogP contribution is -2.28. The Morgan fingerprint density at radius 1 is 0.552 bits per heavy atom. The van der Waals surface area contributed by atoms with Gasteiger partial charge in [0.05, 0.1) is 6.04 Å². The van der Waals surface area contributed by atoms with Gasteiger partial charge in [0.2, 0.25) is 0 Å². The Bertz CT molecular complexity index is 988. The van der Waals surface area contributed by atoms with Gasteiger partial charge in [0.1, 0.15) is 0 Å². The van der Waals surface area contributed by atoms with Gasteiger partial charge in [-0.25, -0.2) is 4.62 Å². The van der Waals surface area contributed by atoms with E-state index in [1.165, 1.54) is 0 Å². The van der Waals surface area contributed by atoms with Crippen molar-refractivity contribution in [2.45, 2.75) is 6.04 Å². The minimum atomic E-state index is -3.33. The van der Waals surface area contributed by atoms with Gasteiger partial charge in [0.25, 0.3) is 7.37 Å². The van der Waals surface area contributed by atoms with Gasteiger partial charge in [0.15, 0.2) is 0 Å². The molecular weight excluding hydrogens is 377 g/mol. The number of rotatable bonds is 7. The van der Waals surface area contributed by atoms with Crippen molar-refractivity contribution in [1.29, 1.82) is 0 Å². The first kappa shape index (κ1) is 19.4. The Hall–Kier alpha value is -2.97. The van der Waals surface area contributed by atoms with Gasteiger partial charge in [0, 0.05) is 10.6 Å². The minimum absolute atomic E-state index is 0.252. The fraction of sp³-hybridized carbons (Fsp3) is 0.0400. The molecule has 4 aromatic carbocycles. The van der Waals surface area contributed by atoms with Crippen molar-refractivity contribution >= 4 is 18.0 Å². The highest BCUT2D eigenvalue weighted by Gasteiger charge is 2.30. The van der Waals surface area contributed by atoms with Crippen molar-refractivity contribution in [3.8, 4) is 0 Å². The molecule has 4 heteroatoms. The average molecular weight is 399 g/mol. The van der Waals surface area contributed by atoms with Crippen molar-refractivity contribution in [3.05, 3.63) is 132 Å². The van der Waals surface area contributed by atoms with Crippen LogP contribution in [0.3, 0.4) is 0 Å². The first-order valence-electron chi connectivity index (χ1n) is 9.53. The SMILES string of the molecule is O=P(ONC(c1ccccc1)c1ccccc1)(c1ccccc1)c1ccccc1. The number of benzene rings is 4. The number of hydrogen-bond acceptors (Lipinski definition) is 3. The normalized spacial score (nSPS) is 11.5. The summed E-state index contributed by atoms with van der Waals surface area (Å²) >= 11 is 0. The molecule has 4 rings (SSSR count). The minimum Gasteiger partial charge on any atom is -0.281 e. The van der Waals surface area contributed by atoms with Crippen LogP contribution in [0.25, 0.3) is 0 Å². The third kappa shape index (κ3) is 4.38. The third-order valence-corrected chi connectivity index (χ3v) is 7.08. The average Bonchev–Trinajstić information content (AvgIpc) is 2.81. The Morgan fingerprint density at radius 3 is 1.28 bits per heavy atom. The molecule has 0 spiro atoms. The fourth-order valence-corrected chi connectivity index (χ4v) is 5.14. The maximum absolute atomic E-state index is 14.1. The molecule has 4 aromatic rings. The molecule has 3 nitrogen and oxygen atoms in total. The molecule has 0 saturated carbocycles. The molecule has 0 fully saturated rings. The number of nitrogens with one attached hydrogen (secondary N) is 1. The summed E-state index contributed by atoms with van der Waals surface area (Å²) in [7, 11) is -3.33. The van der Waals surface area contributed by atoms with Gasteiger partial charge in [-0.3, -0.25) is 4.57 Å². The van der Waals surface area contributed by atoms with Crippen LogP contribution in [0.15, 0.2) is 121 Å². The van der Waals surface area contributed by atoms with Crippen LogP contribution in [0.5, 0.6) is 0 Å². The molecule has 0 aromatic heterocycles. The predicted octanol–water partition coefficient (Wildman–Crippen LogP) is 5.23. The van der Waals surface area contributed by atoms with E-state index in [9.17, 15) is 4.57 Å². The van der Waals surface area contributed by atoms with Gasteiger partial charge >= 0.3 is 0 Å². The second kappa shape index (κ2) is 9.02. The van der Waals surface area contributed by atoms with Gasteiger partial charge in [-0.2, -0.15) is 5.48 Å². The van der Waals surface area contributed by atoms with E-state index in [1.807, 2.05) is 121 Å². The molecule has 0 heterocycles. The number of hydroxylamine groups is 1. The maximum Gasteiger partial charge on any atom is 0.277 e. The lowest BCUT2D eigenvalue weighted by atomic mass is 10.00. The van der Waals surface area contributed by atoms with Crippen LogP contribution in [0.2, 0.25) is 0 Å². The van der Waals surface area contributed by atoms with Crippen molar-refractivity contribution < 1.29 is 9.19 Å². The third-order valence-electron chi connectivity index (χ3n) is 4.76. The molecule has 0 saturated heterocycles. The molecule has 29 heavy (non-hydrogen) atoms. The summed E-state index contributed by atoms with van der Waals surface area (Å²) in [6.07, 6.45) is 0. The number of hydrogen-bond donors (Lipinski definition) is 1. The Balaban J connectivity index is 1.71. The maximum atomic E-state index is 14.1. The summed E-state index contributed by atoms with van der Waals surface area (Å²) in [4.78, 5) is 0. The summed E-state index contributed by atoms with van der Waals surface area (Å²) in [5.74, 6) is 0. The zero-order valence-electron chi connectivity index (χ0n) is 15.9. The van der Waals surface area contributed by atoms with Crippen LogP contribution in [0.4, 0.5) is 0 Å². The molecule has 0 aliphatic heterocycles. The van der Waals surface area contributed by atoms with Crippen LogP contribution in [0.1, 0.15) is 17.2 Å². The Kier molecular flexibility index (Phi) is 6.02. The Morgan fingerprint density at radius 2 is 0.897 bits per heavy atom. The lowest BCUT2D eigenvalue weighted by molar-refractivity contribution is 0.181. The van der Waals surface area contributed by atoms with E-state index in [2.05, 4.69) is 5.48 Å². The fourth-order valence-electron chi connectivity index (χ4n) is 3.25. The highest BCUT2D eigenvalue weighted by atomic mass is 31.2. The van der Waals surface area contributed by atoms with E-state index < -0.39 is 7.37 Å². The van der Waals surface area contributed by atoms with Crippen LogP contribution < -0.4 is 16.1 Å². The molecule has 0 atom stereocenters.